The molecule has 1 amide bonds. The highest BCUT2D eigenvalue weighted by molar-refractivity contribution is 7.14. The highest BCUT2D eigenvalue weighted by Gasteiger charge is 2.11. The number of nitrogens with zero attached hydrogens (tertiary/aromatic N) is 2. The SMILES string of the molecule is O=C(Nc1nc(-c2cccs2)ns1)c1ccc(F)cc1. The Balaban J connectivity index is 1.75. The minimum Gasteiger partial charge on any atom is -0.297 e. The summed E-state index contributed by atoms with van der Waals surface area (Å²) in [6.07, 6.45) is 0. The molecule has 3 aromatic rings. The Morgan fingerprint density at radius 3 is 2.70 bits per heavy atom. The van der Waals surface area contributed by atoms with E-state index in [0.717, 1.165) is 16.4 Å². The van der Waals surface area contributed by atoms with Crippen molar-refractivity contribution in [3.63, 3.8) is 0 Å². The number of hydrogen-bond donors (Lipinski definition) is 1. The molecule has 0 aliphatic heterocycles. The molecule has 20 heavy (non-hydrogen) atoms. The van der Waals surface area contributed by atoms with E-state index in [1.165, 1.54) is 35.6 Å². The smallest absolute Gasteiger partial charge is 0.257 e. The van der Waals surface area contributed by atoms with Crippen molar-refractivity contribution in [3.8, 4) is 10.7 Å². The summed E-state index contributed by atoms with van der Waals surface area (Å²) in [6, 6.07) is 9.16. The van der Waals surface area contributed by atoms with Crippen LogP contribution in [0.4, 0.5) is 9.52 Å². The molecule has 3 rings (SSSR count). The first-order valence-electron chi connectivity index (χ1n) is 5.67. The minimum atomic E-state index is -0.377. The van der Waals surface area contributed by atoms with Gasteiger partial charge in [0.2, 0.25) is 5.13 Å². The summed E-state index contributed by atoms with van der Waals surface area (Å²) >= 11 is 2.65. The van der Waals surface area contributed by atoms with Gasteiger partial charge in [-0.15, -0.1) is 11.3 Å². The fourth-order valence-electron chi connectivity index (χ4n) is 1.55. The number of anilines is 1. The van der Waals surface area contributed by atoms with Crippen molar-refractivity contribution in [1.29, 1.82) is 0 Å². The lowest BCUT2D eigenvalue weighted by Crippen LogP contribution is -2.11. The number of carbonyl (C=O) groups is 1. The van der Waals surface area contributed by atoms with Gasteiger partial charge in [-0.1, -0.05) is 6.07 Å². The van der Waals surface area contributed by atoms with Crippen LogP contribution in [0.1, 0.15) is 10.4 Å². The molecule has 0 unspecified atom stereocenters. The summed E-state index contributed by atoms with van der Waals surface area (Å²) < 4.78 is 17.0. The van der Waals surface area contributed by atoms with Crippen LogP contribution >= 0.6 is 22.9 Å². The van der Waals surface area contributed by atoms with Crippen molar-refractivity contribution < 1.29 is 9.18 Å². The molecule has 0 bridgehead atoms. The van der Waals surface area contributed by atoms with Crippen molar-refractivity contribution in [1.82, 2.24) is 9.36 Å². The second-order valence-corrected chi connectivity index (χ2v) is 5.56. The largest absolute Gasteiger partial charge is 0.297 e. The van der Waals surface area contributed by atoms with Gasteiger partial charge in [-0.25, -0.2) is 4.39 Å². The van der Waals surface area contributed by atoms with Crippen LogP contribution in [-0.2, 0) is 0 Å². The van der Waals surface area contributed by atoms with Gasteiger partial charge in [-0.05, 0) is 35.7 Å². The molecule has 2 heterocycles. The molecule has 2 aromatic heterocycles. The second-order valence-electron chi connectivity index (χ2n) is 3.86. The molecule has 0 spiro atoms. The average Bonchev–Trinajstić information content (AvgIpc) is 3.09. The average molecular weight is 305 g/mol. The molecule has 0 radical (unpaired) electrons. The van der Waals surface area contributed by atoms with E-state index in [1.54, 1.807) is 0 Å². The van der Waals surface area contributed by atoms with Gasteiger partial charge in [0.15, 0.2) is 5.82 Å². The molecular formula is C13H8FN3OS2. The Morgan fingerprint density at radius 2 is 2.00 bits per heavy atom. The third kappa shape index (κ3) is 2.73. The summed E-state index contributed by atoms with van der Waals surface area (Å²) in [4.78, 5) is 17.1. The van der Waals surface area contributed by atoms with Crippen molar-refractivity contribution in [2.45, 2.75) is 0 Å². The topological polar surface area (TPSA) is 54.9 Å². The first kappa shape index (κ1) is 12.9. The predicted octanol–water partition coefficient (Wildman–Crippen LogP) is 3.66. The number of benzene rings is 1. The maximum absolute atomic E-state index is 12.8. The molecule has 1 aromatic carbocycles. The molecule has 0 aliphatic rings. The number of thiophene rings is 1. The standard InChI is InChI=1S/C13H8FN3OS2/c14-9-5-3-8(4-6-9)12(18)16-13-15-11(17-20-13)10-2-1-7-19-10/h1-7H,(H,15,16,17,18). The van der Waals surface area contributed by atoms with Crippen LogP contribution in [-0.4, -0.2) is 15.3 Å². The fourth-order valence-corrected chi connectivity index (χ4v) is 2.84. The van der Waals surface area contributed by atoms with Crippen molar-refractivity contribution in [2.75, 3.05) is 5.32 Å². The highest BCUT2D eigenvalue weighted by atomic mass is 32.1. The highest BCUT2D eigenvalue weighted by Crippen LogP contribution is 2.25. The summed E-state index contributed by atoms with van der Waals surface area (Å²) in [5, 5.41) is 5.00. The maximum Gasteiger partial charge on any atom is 0.257 e. The molecular weight excluding hydrogens is 297 g/mol. The maximum atomic E-state index is 12.8. The van der Waals surface area contributed by atoms with Crippen LogP contribution in [0, 0.1) is 5.82 Å². The number of nitrogens with one attached hydrogen (secondary N) is 1. The van der Waals surface area contributed by atoms with E-state index < -0.39 is 0 Å². The molecule has 0 saturated carbocycles. The Kier molecular flexibility index (Phi) is 3.53. The number of carbonyl (C=O) groups excluding carboxylic acids is 1. The first-order valence-corrected chi connectivity index (χ1v) is 7.32. The Bertz CT molecular complexity index is 722. The van der Waals surface area contributed by atoms with E-state index in [4.69, 9.17) is 0 Å². The minimum absolute atomic E-state index is 0.334. The zero-order valence-corrected chi connectivity index (χ0v) is 11.7. The zero-order chi connectivity index (χ0) is 13.9. The lowest BCUT2D eigenvalue weighted by Gasteiger charge is -2.00. The first-order chi connectivity index (χ1) is 9.72. The predicted molar refractivity (Wildman–Crippen MR) is 77.6 cm³/mol. The lowest BCUT2D eigenvalue weighted by atomic mass is 10.2. The van der Waals surface area contributed by atoms with Gasteiger partial charge in [0, 0.05) is 17.1 Å². The van der Waals surface area contributed by atoms with Crippen LogP contribution in [0.25, 0.3) is 10.7 Å². The number of rotatable bonds is 3. The molecule has 0 fully saturated rings. The van der Waals surface area contributed by atoms with E-state index in [0.29, 0.717) is 16.5 Å². The molecule has 0 saturated heterocycles. The lowest BCUT2D eigenvalue weighted by molar-refractivity contribution is 0.102. The quantitative estimate of drug-likeness (QED) is 0.803. The van der Waals surface area contributed by atoms with E-state index in [9.17, 15) is 9.18 Å². The van der Waals surface area contributed by atoms with Crippen molar-refractivity contribution in [2.24, 2.45) is 0 Å². The van der Waals surface area contributed by atoms with Gasteiger partial charge >= 0.3 is 0 Å². The van der Waals surface area contributed by atoms with Gasteiger partial charge in [-0.2, -0.15) is 9.36 Å². The number of amides is 1. The van der Waals surface area contributed by atoms with E-state index in [2.05, 4.69) is 14.7 Å². The van der Waals surface area contributed by atoms with Crippen molar-refractivity contribution in [3.05, 3.63) is 53.2 Å². The van der Waals surface area contributed by atoms with Gasteiger partial charge < -0.3 is 0 Å². The summed E-state index contributed by atoms with van der Waals surface area (Å²) in [5.74, 6) is -0.115. The van der Waals surface area contributed by atoms with Gasteiger partial charge in [0.05, 0.1) is 4.88 Å². The summed E-state index contributed by atoms with van der Waals surface area (Å²) in [6.45, 7) is 0. The van der Waals surface area contributed by atoms with Crippen LogP contribution in [0.5, 0.6) is 0 Å². The van der Waals surface area contributed by atoms with Crippen molar-refractivity contribution >= 4 is 33.9 Å². The van der Waals surface area contributed by atoms with Crippen LogP contribution in [0.15, 0.2) is 41.8 Å². The van der Waals surface area contributed by atoms with Gasteiger partial charge in [-0.3, -0.25) is 10.1 Å². The fraction of sp³-hybridized carbons (Fsp3) is 0. The second kappa shape index (κ2) is 5.48. The molecule has 7 heteroatoms. The molecule has 0 atom stereocenters. The van der Waals surface area contributed by atoms with Crippen LogP contribution in [0.2, 0.25) is 0 Å². The zero-order valence-electron chi connectivity index (χ0n) is 10.0. The molecule has 1 N–H and O–H groups in total. The Hall–Kier alpha value is -2.12. The normalized spacial score (nSPS) is 10.4. The molecule has 100 valence electrons. The van der Waals surface area contributed by atoms with E-state index >= 15 is 0 Å². The monoisotopic (exact) mass is 305 g/mol. The van der Waals surface area contributed by atoms with E-state index in [1.807, 2.05) is 17.5 Å². The number of halogens is 1. The van der Waals surface area contributed by atoms with Crippen LogP contribution in [0.3, 0.4) is 0 Å². The third-order valence-electron chi connectivity index (χ3n) is 2.49. The van der Waals surface area contributed by atoms with Gasteiger partial charge in [0.25, 0.3) is 5.91 Å². The summed E-state index contributed by atoms with van der Waals surface area (Å²) in [5.41, 5.74) is 0.374. The molecule has 4 nitrogen and oxygen atoms in total. The molecule has 0 aliphatic carbocycles. The Labute approximate surface area is 122 Å². The van der Waals surface area contributed by atoms with Gasteiger partial charge in [0.1, 0.15) is 5.82 Å². The van der Waals surface area contributed by atoms with Crippen LogP contribution < -0.4 is 5.32 Å². The Morgan fingerprint density at radius 1 is 1.20 bits per heavy atom. The summed E-state index contributed by atoms with van der Waals surface area (Å²) in [7, 11) is 0. The number of hydrogen-bond acceptors (Lipinski definition) is 5. The third-order valence-corrected chi connectivity index (χ3v) is 3.99. The van der Waals surface area contributed by atoms with E-state index in [-0.39, 0.29) is 11.7 Å². The number of aromatic nitrogens is 2.